The van der Waals surface area contributed by atoms with E-state index in [1.807, 2.05) is 25.1 Å². The Morgan fingerprint density at radius 3 is 2.18 bits per heavy atom. The minimum atomic E-state index is -4.44. The Kier molecular flexibility index (Phi) is 6.91. The van der Waals surface area contributed by atoms with Gasteiger partial charge < -0.3 is 15.2 Å². The monoisotopic (exact) mass is 473 g/mol. The number of carbonyl (C=O) groups excluding carboxylic acids is 1. The van der Waals surface area contributed by atoms with Crippen LogP contribution >= 0.6 is 0 Å². The SMILES string of the molecule is Cc1ccc2ccc(C(=O)NC(C(=O)O)C(C)(C)C)c(OCc3ccc(C(F)(F)F)cc3)c2c1. The number of hydrogen-bond donors (Lipinski definition) is 2. The molecule has 8 heteroatoms. The van der Waals surface area contributed by atoms with Crippen LogP contribution in [0.3, 0.4) is 0 Å². The molecule has 0 fully saturated rings. The average Bonchev–Trinajstić information content (AvgIpc) is 2.74. The summed E-state index contributed by atoms with van der Waals surface area (Å²) in [5.41, 5.74) is 0.0417. The number of benzene rings is 3. The number of carboxylic acid groups (broad SMARTS) is 1. The first-order valence-corrected chi connectivity index (χ1v) is 10.6. The molecule has 34 heavy (non-hydrogen) atoms. The van der Waals surface area contributed by atoms with Crippen molar-refractivity contribution in [1.82, 2.24) is 5.32 Å². The number of halogens is 3. The lowest BCUT2D eigenvalue weighted by Crippen LogP contribution is -2.49. The van der Waals surface area contributed by atoms with E-state index in [1.54, 1.807) is 32.9 Å². The summed E-state index contributed by atoms with van der Waals surface area (Å²) in [5, 5.41) is 13.6. The predicted molar refractivity (Wildman–Crippen MR) is 123 cm³/mol. The number of amides is 1. The van der Waals surface area contributed by atoms with E-state index in [2.05, 4.69) is 5.32 Å². The summed E-state index contributed by atoms with van der Waals surface area (Å²) in [7, 11) is 0. The highest BCUT2D eigenvalue weighted by Crippen LogP contribution is 2.33. The molecule has 2 N–H and O–H groups in total. The van der Waals surface area contributed by atoms with Gasteiger partial charge in [-0.3, -0.25) is 4.79 Å². The minimum absolute atomic E-state index is 0.0763. The molecule has 0 aliphatic carbocycles. The summed E-state index contributed by atoms with van der Waals surface area (Å²) in [4.78, 5) is 24.9. The lowest BCUT2D eigenvalue weighted by atomic mass is 9.86. The maximum atomic E-state index is 13.1. The number of ether oxygens (including phenoxy) is 1. The second kappa shape index (κ2) is 9.37. The number of fused-ring (bicyclic) bond motifs is 1. The quantitative estimate of drug-likeness (QED) is 0.462. The van der Waals surface area contributed by atoms with Crippen molar-refractivity contribution < 1.29 is 32.6 Å². The van der Waals surface area contributed by atoms with E-state index in [4.69, 9.17) is 4.74 Å². The maximum Gasteiger partial charge on any atom is 0.416 e. The largest absolute Gasteiger partial charge is 0.487 e. The van der Waals surface area contributed by atoms with Crippen LogP contribution in [0.2, 0.25) is 0 Å². The number of aliphatic carboxylic acids is 1. The second-order valence-electron chi connectivity index (χ2n) is 9.26. The van der Waals surface area contributed by atoms with Gasteiger partial charge in [-0.25, -0.2) is 4.79 Å². The summed E-state index contributed by atoms with van der Waals surface area (Å²) in [6.07, 6.45) is -4.44. The number of nitrogens with one attached hydrogen (secondary N) is 1. The molecular formula is C26H26F3NO4. The third-order valence-electron chi connectivity index (χ3n) is 5.43. The zero-order chi connectivity index (χ0) is 25.3. The Morgan fingerprint density at radius 1 is 1.00 bits per heavy atom. The van der Waals surface area contributed by atoms with Crippen LogP contribution in [0.1, 0.15) is 47.8 Å². The molecule has 0 saturated carbocycles. The lowest BCUT2D eigenvalue weighted by molar-refractivity contribution is -0.142. The third kappa shape index (κ3) is 5.68. The topological polar surface area (TPSA) is 75.6 Å². The van der Waals surface area contributed by atoms with Crippen molar-refractivity contribution in [3.8, 4) is 5.75 Å². The van der Waals surface area contributed by atoms with Gasteiger partial charge in [-0.1, -0.05) is 56.7 Å². The van der Waals surface area contributed by atoms with Gasteiger partial charge in [-0.15, -0.1) is 0 Å². The van der Waals surface area contributed by atoms with E-state index in [1.165, 1.54) is 12.1 Å². The molecule has 180 valence electrons. The molecule has 0 aliphatic rings. The highest BCUT2D eigenvalue weighted by molar-refractivity contribution is 6.05. The standard InChI is InChI=1S/C26H26F3NO4/c1-15-5-8-17-9-12-19(23(31)30-22(24(32)33)25(2,3)4)21(20(17)13-15)34-14-16-6-10-18(11-7-16)26(27,28)29/h5-13,22H,14H2,1-4H3,(H,30,31)(H,32,33). The molecule has 1 unspecified atom stereocenters. The van der Waals surface area contributed by atoms with Crippen molar-refractivity contribution in [2.24, 2.45) is 5.41 Å². The van der Waals surface area contributed by atoms with Crippen molar-refractivity contribution in [3.05, 3.63) is 76.9 Å². The zero-order valence-corrected chi connectivity index (χ0v) is 19.3. The third-order valence-corrected chi connectivity index (χ3v) is 5.43. The van der Waals surface area contributed by atoms with Crippen molar-refractivity contribution in [2.45, 2.75) is 46.5 Å². The Bertz CT molecular complexity index is 1210. The molecule has 0 saturated heterocycles. The van der Waals surface area contributed by atoms with Crippen LogP contribution in [-0.4, -0.2) is 23.0 Å². The molecule has 0 aromatic heterocycles. The van der Waals surface area contributed by atoms with Crippen molar-refractivity contribution in [1.29, 1.82) is 0 Å². The van der Waals surface area contributed by atoms with Gasteiger partial charge in [0, 0.05) is 5.39 Å². The van der Waals surface area contributed by atoms with Gasteiger partial charge in [-0.2, -0.15) is 13.2 Å². The van der Waals surface area contributed by atoms with E-state index in [0.29, 0.717) is 10.9 Å². The van der Waals surface area contributed by atoms with E-state index in [-0.39, 0.29) is 17.9 Å². The molecule has 1 amide bonds. The number of carbonyl (C=O) groups is 2. The second-order valence-corrected chi connectivity index (χ2v) is 9.26. The van der Waals surface area contributed by atoms with Crippen molar-refractivity contribution >= 4 is 22.6 Å². The normalized spacial score (nSPS) is 12.9. The number of alkyl halides is 3. The molecule has 1 atom stereocenters. The molecule has 3 aromatic rings. The summed E-state index contributed by atoms with van der Waals surface area (Å²) in [6, 6.07) is 12.3. The lowest BCUT2D eigenvalue weighted by Gasteiger charge is -2.28. The molecule has 0 heterocycles. The molecule has 0 radical (unpaired) electrons. The van der Waals surface area contributed by atoms with E-state index in [9.17, 15) is 27.9 Å². The van der Waals surface area contributed by atoms with Crippen LogP contribution in [0.5, 0.6) is 5.75 Å². The molecule has 3 rings (SSSR count). The summed E-state index contributed by atoms with van der Waals surface area (Å²) in [6.45, 7) is 6.92. The molecule has 3 aromatic carbocycles. The first-order chi connectivity index (χ1) is 15.8. The highest BCUT2D eigenvalue weighted by Gasteiger charge is 2.34. The van der Waals surface area contributed by atoms with Crippen LogP contribution in [-0.2, 0) is 17.6 Å². The Balaban J connectivity index is 1.98. The number of aryl methyl sites for hydroxylation is 1. The van der Waals surface area contributed by atoms with Crippen LogP contribution < -0.4 is 10.1 Å². The molecule has 0 aliphatic heterocycles. The minimum Gasteiger partial charge on any atom is -0.487 e. The first kappa shape index (κ1) is 25.1. The molecule has 5 nitrogen and oxygen atoms in total. The Labute approximate surface area is 195 Å². The number of rotatable bonds is 6. The smallest absolute Gasteiger partial charge is 0.416 e. The average molecular weight is 473 g/mol. The fourth-order valence-corrected chi connectivity index (χ4v) is 3.54. The highest BCUT2D eigenvalue weighted by atomic mass is 19.4. The summed E-state index contributed by atoms with van der Waals surface area (Å²) >= 11 is 0. The zero-order valence-electron chi connectivity index (χ0n) is 19.3. The van der Waals surface area contributed by atoms with Crippen LogP contribution in [0, 0.1) is 12.3 Å². The summed E-state index contributed by atoms with van der Waals surface area (Å²) < 4.78 is 44.5. The van der Waals surface area contributed by atoms with Crippen LogP contribution in [0.25, 0.3) is 10.8 Å². The van der Waals surface area contributed by atoms with E-state index < -0.39 is 35.1 Å². The van der Waals surface area contributed by atoms with Gasteiger partial charge >= 0.3 is 12.1 Å². The van der Waals surface area contributed by atoms with Gasteiger partial charge in [-0.05, 0) is 47.6 Å². The Hall–Kier alpha value is -3.55. The van der Waals surface area contributed by atoms with Crippen LogP contribution in [0.4, 0.5) is 13.2 Å². The number of carboxylic acids is 1. The van der Waals surface area contributed by atoms with Crippen LogP contribution in [0.15, 0.2) is 54.6 Å². The van der Waals surface area contributed by atoms with Crippen molar-refractivity contribution in [2.75, 3.05) is 0 Å². The fraction of sp³-hybridized carbons (Fsp3) is 0.308. The Morgan fingerprint density at radius 2 is 1.62 bits per heavy atom. The molecular weight excluding hydrogens is 447 g/mol. The van der Waals surface area contributed by atoms with E-state index in [0.717, 1.165) is 23.1 Å². The number of hydrogen-bond acceptors (Lipinski definition) is 3. The van der Waals surface area contributed by atoms with Gasteiger partial charge in [0.25, 0.3) is 5.91 Å². The fourth-order valence-electron chi connectivity index (χ4n) is 3.54. The predicted octanol–water partition coefficient (Wildman–Crippen LogP) is 5.98. The van der Waals surface area contributed by atoms with Gasteiger partial charge in [0.2, 0.25) is 0 Å². The van der Waals surface area contributed by atoms with Gasteiger partial charge in [0.05, 0.1) is 11.1 Å². The summed E-state index contributed by atoms with van der Waals surface area (Å²) in [5.74, 6) is -1.55. The molecule has 0 spiro atoms. The maximum absolute atomic E-state index is 13.1. The molecule has 0 bridgehead atoms. The van der Waals surface area contributed by atoms with E-state index >= 15 is 0 Å². The van der Waals surface area contributed by atoms with Gasteiger partial charge in [0.15, 0.2) is 0 Å². The van der Waals surface area contributed by atoms with Crippen molar-refractivity contribution in [3.63, 3.8) is 0 Å². The first-order valence-electron chi connectivity index (χ1n) is 10.6. The van der Waals surface area contributed by atoms with Gasteiger partial charge in [0.1, 0.15) is 18.4 Å².